The SMILES string of the molecule is COC(=O)N[C@H](C(=O)N1CCC[C@H]1c1ncc(-c2ccc(-c3ccc(-c4ccc(-c5cnc([C@@H]6CCCN6C(=O)[C@@H](NC(=O)OC)C(C)C)[nH]5)cc4)c4c3C3CCC4N3C)cc2)[nH]1)C(C)C. The lowest BCUT2D eigenvalue weighted by Gasteiger charge is -2.30. The molecular weight excluding hydrogens is 835 g/mol. The second-order valence-corrected chi connectivity index (χ2v) is 18.9. The fourth-order valence-corrected chi connectivity index (χ4v) is 10.8. The molecular formula is C51H61N9O6. The lowest BCUT2D eigenvalue weighted by atomic mass is 9.81. The average Bonchev–Trinajstić information content (AvgIpc) is 4.20. The number of aromatic nitrogens is 4. The molecule has 0 radical (unpaired) electrons. The number of hydrogen-bond donors (Lipinski definition) is 4. The highest BCUT2D eigenvalue weighted by Gasteiger charge is 2.45. The molecule has 6 atom stereocenters. The van der Waals surface area contributed by atoms with Crippen LogP contribution in [-0.2, 0) is 19.1 Å². The van der Waals surface area contributed by atoms with Gasteiger partial charge in [-0.15, -0.1) is 0 Å². The molecule has 0 aliphatic carbocycles. The van der Waals surface area contributed by atoms with Gasteiger partial charge in [-0.2, -0.15) is 0 Å². The van der Waals surface area contributed by atoms with Crippen LogP contribution in [0, 0.1) is 11.8 Å². The van der Waals surface area contributed by atoms with Gasteiger partial charge < -0.3 is 39.9 Å². The number of ether oxygens (including phenoxy) is 2. The van der Waals surface area contributed by atoms with Gasteiger partial charge in [-0.1, -0.05) is 88.4 Å². The number of hydrogen-bond acceptors (Lipinski definition) is 9. The maximum absolute atomic E-state index is 13.7. The molecule has 0 spiro atoms. The summed E-state index contributed by atoms with van der Waals surface area (Å²) in [5, 5.41) is 5.45. The van der Waals surface area contributed by atoms with Gasteiger partial charge in [-0.05, 0) is 102 Å². The van der Waals surface area contributed by atoms with E-state index in [0.29, 0.717) is 25.2 Å². The number of rotatable bonds is 12. The fraction of sp³-hybridized carbons (Fsp3) is 0.451. The predicted molar refractivity (Wildman–Crippen MR) is 251 cm³/mol. The number of fused-ring (bicyclic) bond motifs is 5. The number of alkyl carbamates (subject to hydrolysis) is 2. The van der Waals surface area contributed by atoms with Crippen molar-refractivity contribution < 1.29 is 28.7 Å². The van der Waals surface area contributed by atoms with Crippen LogP contribution in [0.25, 0.3) is 44.8 Å². The molecule has 4 N–H and O–H groups in total. The van der Waals surface area contributed by atoms with Crippen molar-refractivity contribution in [3.63, 3.8) is 0 Å². The highest BCUT2D eigenvalue weighted by atomic mass is 16.5. The van der Waals surface area contributed by atoms with Crippen molar-refractivity contribution in [2.75, 3.05) is 34.4 Å². The molecule has 3 fully saturated rings. The Bertz CT molecular complexity index is 2420. The minimum atomic E-state index is -0.687. The molecule has 2 aromatic heterocycles. The molecule has 9 rings (SSSR count). The summed E-state index contributed by atoms with van der Waals surface area (Å²) in [6, 6.07) is 20.8. The zero-order valence-electron chi connectivity index (χ0n) is 38.9. The van der Waals surface area contributed by atoms with E-state index in [2.05, 4.69) is 93.2 Å². The Hall–Kier alpha value is -6.48. The molecule has 0 saturated carbocycles. The van der Waals surface area contributed by atoms with Gasteiger partial charge in [0.15, 0.2) is 0 Å². The molecule has 4 aliphatic heterocycles. The van der Waals surface area contributed by atoms with Crippen LogP contribution in [0.4, 0.5) is 9.59 Å². The molecule has 2 bridgehead atoms. The summed E-state index contributed by atoms with van der Waals surface area (Å²) in [6.45, 7) is 8.86. The monoisotopic (exact) mass is 895 g/mol. The minimum Gasteiger partial charge on any atom is -0.453 e. The Kier molecular flexibility index (Phi) is 12.5. The molecule has 15 nitrogen and oxygen atoms in total. The van der Waals surface area contributed by atoms with Crippen LogP contribution in [-0.4, -0.2) is 105 Å². The fourth-order valence-electron chi connectivity index (χ4n) is 10.8. The molecule has 346 valence electrons. The maximum Gasteiger partial charge on any atom is 0.407 e. The molecule has 15 heteroatoms. The van der Waals surface area contributed by atoms with E-state index in [-0.39, 0.29) is 35.7 Å². The van der Waals surface area contributed by atoms with Crippen LogP contribution in [0.15, 0.2) is 73.1 Å². The van der Waals surface area contributed by atoms with Gasteiger partial charge >= 0.3 is 12.2 Å². The van der Waals surface area contributed by atoms with Gasteiger partial charge in [-0.25, -0.2) is 19.6 Å². The summed E-state index contributed by atoms with van der Waals surface area (Å²) in [5.74, 6) is 1.02. The number of likely N-dealkylation sites (tertiary alicyclic amines) is 2. The summed E-state index contributed by atoms with van der Waals surface area (Å²) >= 11 is 0. The van der Waals surface area contributed by atoms with Gasteiger partial charge in [0.2, 0.25) is 11.8 Å². The smallest absolute Gasteiger partial charge is 0.407 e. The van der Waals surface area contributed by atoms with Crippen molar-refractivity contribution in [3.8, 4) is 44.8 Å². The summed E-state index contributed by atoms with van der Waals surface area (Å²) < 4.78 is 9.60. The van der Waals surface area contributed by atoms with Gasteiger partial charge in [0.05, 0.1) is 50.1 Å². The third kappa shape index (κ3) is 8.22. The number of aromatic amines is 2. The van der Waals surface area contributed by atoms with E-state index in [0.717, 1.165) is 72.7 Å². The first-order chi connectivity index (χ1) is 31.9. The Balaban J connectivity index is 0.923. The van der Waals surface area contributed by atoms with E-state index in [1.165, 1.54) is 47.6 Å². The topological polar surface area (TPSA) is 178 Å². The quantitative estimate of drug-likeness (QED) is 0.0954. The number of carbonyl (C=O) groups excluding carboxylic acids is 4. The number of carbonyl (C=O) groups is 4. The van der Waals surface area contributed by atoms with Gasteiger partial charge in [-0.3, -0.25) is 14.5 Å². The summed E-state index contributed by atoms with van der Waals surface area (Å²) in [4.78, 5) is 74.3. The Labute approximate surface area is 386 Å². The first-order valence-electron chi connectivity index (χ1n) is 23.4. The van der Waals surface area contributed by atoms with Crippen LogP contribution in [0.1, 0.15) is 113 Å². The number of methoxy groups -OCH3 is 2. The van der Waals surface area contributed by atoms with Crippen LogP contribution >= 0.6 is 0 Å². The first-order valence-corrected chi connectivity index (χ1v) is 23.4. The van der Waals surface area contributed by atoms with E-state index in [9.17, 15) is 19.2 Å². The van der Waals surface area contributed by atoms with Crippen LogP contribution in [0.3, 0.4) is 0 Å². The van der Waals surface area contributed by atoms with E-state index in [4.69, 9.17) is 19.4 Å². The van der Waals surface area contributed by atoms with E-state index >= 15 is 0 Å². The largest absolute Gasteiger partial charge is 0.453 e. The molecule has 6 heterocycles. The standard InChI is InChI=1S/C51H61N9O6/c1-28(2)44(56-50(63)65-6)48(61)59-24-8-10-40(59)46-52-26-36(54-46)32-16-12-30(13-17-32)34-20-21-35(43-39-23-22-38(42(34)43)58(39)5)31-14-18-33(19-15-31)37-27-53-47(55-37)41-11-9-25-60(41)49(62)45(29(3)4)57-51(64)66-7/h12-21,26-29,38-41,44-45H,8-11,22-25H2,1-7H3,(H,52,54)(H,53,55)(H,56,63)(H,57,64)/t38?,39?,40-,41-,44-,45-/m0/s1. The van der Waals surface area contributed by atoms with Crippen molar-refractivity contribution in [2.45, 2.75) is 102 Å². The van der Waals surface area contributed by atoms with Crippen LogP contribution in [0.2, 0.25) is 0 Å². The van der Waals surface area contributed by atoms with E-state index < -0.39 is 24.3 Å². The highest BCUT2D eigenvalue weighted by molar-refractivity contribution is 5.87. The normalized spacial score (nSPS) is 21.0. The minimum absolute atomic E-state index is 0.105. The third-order valence-electron chi connectivity index (χ3n) is 14.3. The number of imidazole rings is 2. The summed E-state index contributed by atoms with van der Waals surface area (Å²) in [6.07, 6.45) is 7.99. The first kappa shape index (κ1) is 44.7. The zero-order valence-corrected chi connectivity index (χ0v) is 38.9. The number of amides is 4. The molecule has 4 amide bonds. The van der Waals surface area contributed by atoms with Crippen LogP contribution < -0.4 is 10.6 Å². The highest BCUT2D eigenvalue weighted by Crippen LogP contribution is 2.57. The summed E-state index contributed by atoms with van der Waals surface area (Å²) in [5.41, 5.74) is 11.5. The number of nitrogens with zero attached hydrogens (tertiary/aromatic N) is 5. The zero-order chi connectivity index (χ0) is 46.4. The average molecular weight is 896 g/mol. The number of benzene rings is 3. The predicted octanol–water partition coefficient (Wildman–Crippen LogP) is 8.71. The van der Waals surface area contributed by atoms with Crippen molar-refractivity contribution in [3.05, 3.63) is 95.8 Å². The van der Waals surface area contributed by atoms with Gasteiger partial charge in [0.1, 0.15) is 23.7 Å². The lowest BCUT2D eigenvalue weighted by Crippen LogP contribution is -2.51. The van der Waals surface area contributed by atoms with Crippen molar-refractivity contribution in [1.29, 1.82) is 0 Å². The second kappa shape index (κ2) is 18.4. The Morgan fingerprint density at radius 3 is 1.32 bits per heavy atom. The Morgan fingerprint density at radius 2 is 0.955 bits per heavy atom. The third-order valence-corrected chi connectivity index (χ3v) is 14.3. The van der Waals surface area contributed by atoms with Crippen molar-refractivity contribution in [2.24, 2.45) is 11.8 Å². The molecule has 4 aliphatic rings. The molecule has 66 heavy (non-hydrogen) atoms. The molecule has 5 aromatic rings. The lowest BCUT2D eigenvalue weighted by molar-refractivity contribution is -0.136. The maximum atomic E-state index is 13.7. The number of nitrogens with one attached hydrogen (secondary N) is 4. The van der Waals surface area contributed by atoms with E-state index in [1.54, 1.807) is 0 Å². The van der Waals surface area contributed by atoms with Gasteiger partial charge in [0, 0.05) is 25.2 Å². The molecule has 3 saturated heterocycles. The van der Waals surface area contributed by atoms with Gasteiger partial charge in [0.25, 0.3) is 0 Å². The van der Waals surface area contributed by atoms with Crippen LogP contribution in [0.5, 0.6) is 0 Å². The summed E-state index contributed by atoms with van der Waals surface area (Å²) in [7, 11) is 4.86. The van der Waals surface area contributed by atoms with Crippen molar-refractivity contribution in [1.82, 2.24) is 45.3 Å². The molecule has 2 unspecified atom stereocenters. The Morgan fingerprint density at radius 1 is 0.576 bits per heavy atom. The van der Waals surface area contributed by atoms with E-state index in [1.807, 2.05) is 49.9 Å². The molecule has 3 aromatic carbocycles. The second-order valence-electron chi connectivity index (χ2n) is 18.9. The van der Waals surface area contributed by atoms with Crippen molar-refractivity contribution >= 4 is 24.0 Å². The number of H-pyrrole nitrogens is 2.